The van der Waals surface area contributed by atoms with Crippen molar-refractivity contribution in [2.75, 3.05) is 21.3 Å². The first kappa shape index (κ1) is 21.2. The molecule has 0 saturated heterocycles. The van der Waals surface area contributed by atoms with Crippen LogP contribution in [0.15, 0.2) is 41.2 Å². The van der Waals surface area contributed by atoms with Crippen LogP contribution in [0.3, 0.4) is 0 Å². The lowest BCUT2D eigenvalue weighted by Crippen LogP contribution is -2.33. The number of ether oxygens (including phenoxy) is 3. The van der Waals surface area contributed by atoms with Crippen LogP contribution in [-0.4, -0.2) is 47.0 Å². The average molecular weight is 434 g/mol. The molecule has 3 rings (SSSR count). The van der Waals surface area contributed by atoms with Crippen LogP contribution in [0.5, 0.6) is 17.2 Å². The Balaban J connectivity index is 1.70. The maximum absolute atomic E-state index is 12.5. The minimum absolute atomic E-state index is 0.183. The molecule has 0 aliphatic carbocycles. The van der Waals surface area contributed by atoms with Crippen molar-refractivity contribution < 1.29 is 19.0 Å². The lowest BCUT2D eigenvalue weighted by Gasteiger charge is -2.14. The van der Waals surface area contributed by atoms with Gasteiger partial charge in [0, 0.05) is 6.54 Å². The van der Waals surface area contributed by atoms with E-state index in [2.05, 4.69) is 15.7 Å². The Labute approximate surface area is 176 Å². The molecule has 1 heterocycles. The van der Waals surface area contributed by atoms with Gasteiger partial charge in [0.1, 0.15) is 6.54 Å². The third-order valence-electron chi connectivity index (χ3n) is 4.23. The number of para-hydroxylation sites is 1. The van der Waals surface area contributed by atoms with Gasteiger partial charge >= 0.3 is 5.69 Å². The third kappa shape index (κ3) is 4.38. The van der Waals surface area contributed by atoms with E-state index < -0.39 is 11.6 Å². The number of halogens is 1. The number of tetrazole rings is 1. The molecular weight excluding hydrogens is 414 g/mol. The van der Waals surface area contributed by atoms with Gasteiger partial charge in [-0.2, -0.15) is 9.36 Å². The number of nitrogens with one attached hydrogen (secondary N) is 1. The first-order chi connectivity index (χ1) is 14.5. The van der Waals surface area contributed by atoms with Gasteiger partial charge in [0.05, 0.1) is 32.0 Å². The summed E-state index contributed by atoms with van der Waals surface area (Å²) in [6.45, 7) is -0.114. The molecule has 1 amide bonds. The lowest BCUT2D eigenvalue weighted by atomic mass is 10.1. The Morgan fingerprint density at radius 2 is 1.73 bits per heavy atom. The molecular formula is C19H20ClN5O5. The molecule has 2 aromatic carbocycles. The van der Waals surface area contributed by atoms with Gasteiger partial charge in [0.25, 0.3) is 0 Å². The molecule has 0 radical (unpaired) electrons. The van der Waals surface area contributed by atoms with Gasteiger partial charge in [-0.1, -0.05) is 23.7 Å². The van der Waals surface area contributed by atoms with E-state index in [-0.39, 0.29) is 13.1 Å². The van der Waals surface area contributed by atoms with Gasteiger partial charge in [-0.15, -0.1) is 0 Å². The number of nitrogens with zero attached hydrogens (tertiary/aromatic N) is 4. The molecule has 0 bridgehead atoms. The van der Waals surface area contributed by atoms with Crippen LogP contribution in [0.1, 0.15) is 5.56 Å². The molecule has 11 heteroatoms. The molecule has 3 aromatic rings. The van der Waals surface area contributed by atoms with Crippen LogP contribution in [-0.2, 0) is 17.9 Å². The zero-order valence-corrected chi connectivity index (χ0v) is 17.3. The van der Waals surface area contributed by atoms with Crippen LogP contribution < -0.4 is 25.2 Å². The molecule has 1 aromatic heterocycles. The van der Waals surface area contributed by atoms with Crippen LogP contribution >= 0.6 is 11.6 Å². The van der Waals surface area contributed by atoms with Crippen LogP contribution in [0.25, 0.3) is 5.69 Å². The fourth-order valence-corrected chi connectivity index (χ4v) is 2.99. The molecule has 158 valence electrons. The highest BCUT2D eigenvalue weighted by atomic mass is 35.5. The summed E-state index contributed by atoms with van der Waals surface area (Å²) in [6.07, 6.45) is 0. The Hall–Kier alpha value is -3.53. The summed E-state index contributed by atoms with van der Waals surface area (Å²) in [6, 6.07) is 10.2. The molecule has 10 nitrogen and oxygen atoms in total. The van der Waals surface area contributed by atoms with E-state index >= 15 is 0 Å². The van der Waals surface area contributed by atoms with Crippen LogP contribution in [0.2, 0.25) is 5.02 Å². The quantitative estimate of drug-likeness (QED) is 0.572. The fraction of sp³-hybridized carbons (Fsp3) is 0.263. The first-order valence-electron chi connectivity index (χ1n) is 8.81. The summed E-state index contributed by atoms with van der Waals surface area (Å²) in [5, 5.41) is 10.6. The zero-order valence-electron chi connectivity index (χ0n) is 16.6. The normalized spacial score (nSPS) is 10.5. The minimum Gasteiger partial charge on any atom is -0.493 e. The van der Waals surface area contributed by atoms with E-state index in [4.69, 9.17) is 25.8 Å². The van der Waals surface area contributed by atoms with Crippen molar-refractivity contribution >= 4 is 17.5 Å². The number of hydrogen-bond donors (Lipinski definition) is 1. The van der Waals surface area contributed by atoms with Crippen LogP contribution in [0, 0.1) is 0 Å². The smallest absolute Gasteiger partial charge is 0.369 e. The Kier molecular flexibility index (Phi) is 6.58. The van der Waals surface area contributed by atoms with E-state index in [1.54, 1.807) is 36.4 Å². The van der Waals surface area contributed by atoms with Crippen LogP contribution in [0.4, 0.5) is 0 Å². The number of amides is 1. The van der Waals surface area contributed by atoms with Gasteiger partial charge in [-0.05, 0) is 40.3 Å². The third-order valence-corrected chi connectivity index (χ3v) is 4.55. The van der Waals surface area contributed by atoms with Crippen molar-refractivity contribution in [3.8, 4) is 22.9 Å². The second kappa shape index (κ2) is 9.31. The maximum atomic E-state index is 12.5. The van der Waals surface area contributed by atoms with E-state index in [0.29, 0.717) is 28.0 Å². The topological polar surface area (TPSA) is 110 Å². The summed E-state index contributed by atoms with van der Waals surface area (Å²) in [5.41, 5.74) is 0.532. The number of carbonyl (C=O) groups is 1. The largest absolute Gasteiger partial charge is 0.493 e. The van der Waals surface area contributed by atoms with E-state index in [0.717, 1.165) is 14.9 Å². The number of rotatable bonds is 8. The van der Waals surface area contributed by atoms with Gasteiger partial charge in [0.2, 0.25) is 11.7 Å². The standard InChI is InChI=1S/C19H20ClN5O5/c1-28-15-8-12(9-16(29-2)18(15)30-3)10-21-17(26)11-24-19(27)25(23-22-24)14-7-5-4-6-13(14)20/h4-9H,10-11H2,1-3H3,(H,21,26). The predicted octanol–water partition coefficient (Wildman–Crippen LogP) is 1.42. The second-order valence-electron chi connectivity index (χ2n) is 6.09. The van der Waals surface area contributed by atoms with Crippen molar-refractivity contribution in [1.82, 2.24) is 25.1 Å². The Morgan fingerprint density at radius 3 is 2.33 bits per heavy atom. The number of methoxy groups -OCH3 is 3. The Bertz CT molecular complexity index is 1090. The molecule has 1 N–H and O–H groups in total. The monoisotopic (exact) mass is 433 g/mol. The molecule has 0 atom stereocenters. The maximum Gasteiger partial charge on any atom is 0.369 e. The molecule has 0 unspecified atom stereocenters. The molecule has 0 aliphatic heterocycles. The van der Waals surface area contributed by atoms with Gasteiger partial charge in [0.15, 0.2) is 11.5 Å². The van der Waals surface area contributed by atoms with Gasteiger partial charge in [-0.25, -0.2) is 4.79 Å². The average Bonchev–Trinajstić information content (AvgIpc) is 3.11. The summed E-state index contributed by atoms with van der Waals surface area (Å²) < 4.78 is 17.9. The summed E-state index contributed by atoms with van der Waals surface area (Å²) >= 11 is 6.09. The number of carbonyl (C=O) groups excluding carboxylic acids is 1. The van der Waals surface area contributed by atoms with Gasteiger partial charge < -0.3 is 19.5 Å². The summed E-state index contributed by atoms with van der Waals surface area (Å²) in [5.74, 6) is 0.981. The van der Waals surface area contributed by atoms with E-state index in [9.17, 15) is 9.59 Å². The number of benzene rings is 2. The molecule has 0 spiro atoms. The summed E-state index contributed by atoms with van der Waals surface area (Å²) in [7, 11) is 4.53. The number of hydrogen-bond acceptors (Lipinski definition) is 7. The second-order valence-corrected chi connectivity index (χ2v) is 6.50. The molecule has 30 heavy (non-hydrogen) atoms. The predicted molar refractivity (Wildman–Crippen MR) is 109 cm³/mol. The molecule has 0 aliphatic rings. The van der Waals surface area contributed by atoms with E-state index in [1.807, 2.05) is 0 Å². The van der Waals surface area contributed by atoms with Crippen molar-refractivity contribution in [1.29, 1.82) is 0 Å². The first-order valence-corrected chi connectivity index (χ1v) is 9.19. The van der Waals surface area contributed by atoms with Crippen molar-refractivity contribution in [2.45, 2.75) is 13.1 Å². The zero-order chi connectivity index (χ0) is 21.7. The highest BCUT2D eigenvalue weighted by Crippen LogP contribution is 2.38. The molecule has 0 saturated carbocycles. The highest BCUT2D eigenvalue weighted by molar-refractivity contribution is 6.32. The highest BCUT2D eigenvalue weighted by Gasteiger charge is 2.16. The van der Waals surface area contributed by atoms with Gasteiger partial charge in [-0.3, -0.25) is 4.79 Å². The summed E-state index contributed by atoms with van der Waals surface area (Å²) in [4.78, 5) is 24.8. The SMILES string of the molecule is COc1cc(CNC(=O)Cn2nnn(-c3ccccc3Cl)c2=O)cc(OC)c1OC. The number of aromatic nitrogens is 4. The Morgan fingerprint density at radius 1 is 1.07 bits per heavy atom. The molecule has 0 fully saturated rings. The van der Waals surface area contributed by atoms with E-state index in [1.165, 1.54) is 21.3 Å². The van der Waals surface area contributed by atoms with Crippen molar-refractivity contribution in [2.24, 2.45) is 0 Å². The lowest BCUT2D eigenvalue weighted by molar-refractivity contribution is -0.122. The van der Waals surface area contributed by atoms with Crippen molar-refractivity contribution in [3.05, 3.63) is 57.5 Å². The van der Waals surface area contributed by atoms with Crippen molar-refractivity contribution in [3.63, 3.8) is 0 Å². The minimum atomic E-state index is -0.578. The fourth-order valence-electron chi connectivity index (χ4n) is 2.78.